The summed E-state index contributed by atoms with van der Waals surface area (Å²) >= 11 is 3.39. The normalized spacial score (nSPS) is 11.9. The van der Waals surface area contributed by atoms with E-state index >= 15 is 0 Å². The van der Waals surface area contributed by atoms with Crippen molar-refractivity contribution in [2.24, 2.45) is 0 Å². The second-order valence-corrected chi connectivity index (χ2v) is 6.00. The highest BCUT2D eigenvalue weighted by Gasteiger charge is 2.21. The summed E-state index contributed by atoms with van der Waals surface area (Å²) in [5.41, 5.74) is -0.0255. The molecule has 5 heteroatoms. The zero-order valence-electron chi connectivity index (χ0n) is 11.8. The predicted molar refractivity (Wildman–Crippen MR) is 77.0 cm³/mol. The van der Waals surface area contributed by atoms with Crippen molar-refractivity contribution in [2.75, 3.05) is 20.7 Å². The Morgan fingerprint density at radius 3 is 2.56 bits per heavy atom. The van der Waals surface area contributed by atoms with Gasteiger partial charge in [-0.1, -0.05) is 6.92 Å². The van der Waals surface area contributed by atoms with Crippen LogP contribution in [0.1, 0.15) is 33.0 Å². The van der Waals surface area contributed by atoms with Crippen molar-refractivity contribution < 1.29 is 4.74 Å². The van der Waals surface area contributed by atoms with E-state index in [1.165, 1.54) is 0 Å². The molecule has 0 fully saturated rings. The Bertz CT molecular complexity index is 394. The van der Waals surface area contributed by atoms with Crippen LogP contribution in [0.4, 0.5) is 0 Å². The summed E-state index contributed by atoms with van der Waals surface area (Å²) in [4.78, 5) is 10.9. The molecule has 0 aliphatic carbocycles. The zero-order chi connectivity index (χ0) is 13.8. The van der Waals surface area contributed by atoms with Crippen LogP contribution >= 0.6 is 15.9 Å². The van der Waals surface area contributed by atoms with E-state index in [0.29, 0.717) is 12.5 Å². The highest BCUT2D eigenvalue weighted by molar-refractivity contribution is 9.10. The minimum absolute atomic E-state index is 0.0255. The Morgan fingerprint density at radius 2 is 2.00 bits per heavy atom. The van der Waals surface area contributed by atoms with Gasteiger partial charge in [-0.25, -0.2) is 4.98 Å². The third-order valence-corrected chi connectivity index (χ3v) is 3.38. The van der Waals surface area contributed by atoms with E-state index in [1.807, 2.05) is 20.2 Å². The molecule has 102 valence electrons. The third kappa shape index (κ3) is 4.53. The minimum Gasteiger partial charge on any atom is -0.476 e. The Morgan fingerprint density at radius 1 is 1.33 bits per heavy atom. The molecule has 0 atom stereocenters. The van der Waals surface area contributed by atoms with Crippen molar-refractivity contribution in [3.8, 4) is 5.88 Å². The Balaban J connectivity index is 2.73. The van der Waals surface area contributed by atoms with Crippen LogP contribution in [0.3, 0.4) is 0 Å². The van der Waals surface area contributed by atoms with Gasteiger partial charge in [0.2, 0.25) is 5.88 Å². The van der Waals surface area contributed by atoms with Gasteiger partial charge in [-0.2, -0.15) is 4.98 Å². The standard InChI is InChI=1S/C13H22BrN3O/c1-6-7-11-15-10(14)8-12(16-11)18-9-13(2,3)17(4)5/h8H,6-7,9H2,1-5H3. The van der Waals surface area contributed by atoms with Gasteiger partial charge in [-0.15, -0.1) is 0 Å². The fraction of sp³-hybridized carbons (Fsp3) is 0.692. The van der Waals surface area contributed by atoms with Crippen LogP contribution in [-0.4, -0.2) is 41.1 Å². The van der Waals surface area contributed by atoms with Gasteiger partial charge in [0.15, 0.2) is 0 Å². The fourth-order valence-electron chi connectivity index (χ4n) is 1.23. The van der Waals surface area contributed by atoms with Crippen LogP contribution in [-0.2, 0) is 6.42 Å². The summed E-state index contributed by atoms with van der Waals surface area (Å²) in [6.07, 6.45) is 1.89. The molecule has 0 saturated carbocycles. The summed E-state index contributed by atoms with van der Waals surface area (Å²) in [5.74, 6) is 1.46. The summed E-state index contributed by atoms with van der Waals surface area (Å²) in [7, 11) is 4.09. The van der Waals surface area contributed by atoms with Crippen LogP contribution in [0.2, 0.25) is 0 Å². The van der Waals surface area contributed by atoms with E-state index < -0.39 is 0 Å². The van der Waals surface area contributed by atoms with Gasteiger partial charge in [0.25, 0.3) is 0 Å². The molecule has 0 aliphatic heterocycles. The van der Waals surface area contributed by atoms with Crippen molar-refractivity contribution >= 4 is 15.9 Å². The van der Waals surface area contributed by atoms with E-state index in [-0.39, 0.29) is 5.54 Å². The van der Waals surface area contributed by atoms with Crippen molar-refractivity contribution in [3.05, 3.63) is 16.5 Å². The summed E-state index contributed by atoms with van der Waals surface area (Å²) < 4.78 is 6.55. The lowest BCUT2D eigenvalue weighted by atomic mass is 10.1. The van der Waals surface area contributed by atoms with E-state index in [1.54, 1.807) is 0 Å². The molecule has 18 heavy (non-hydrogen) atoms. The summed E-state index contributed by atoms with van der Waals surface area (Å²) in [6, 6.07) is 1.81. The van der Waals surface area contributed by atoms with Crippen LogP contribution < -0.4 is 4.74 Å². The number of ether oxygens (including phenoxy) is 1. The molecule has 0 aliphatic rings. The first kappa shape index (κ1) is 15.4. The highest BCUT2D eigenvalue weighted by Crippen LogP contribution is 2.18. The molecule has 1 aromatic heterocycles. The predicted octanol–water partition coefficient (Wildman–Crippen LogP) is 2.91. The second kappa shape index (κ2) is 6.48. The Kier molecular flexibility index (Phi) is 5.53. The van der Waals surface area contributed by atoms with Gasteiger partial charge in [0, 0.05) is 18.0 Å². The average Bonchev–Trinajstić information content (AvgIpc) is 2.26. The number of halogens is 1. The molecule has 0 aromatic carbocycles. The van der Waals surface area contributed by atoms with E-state index in [4.69, 9.17) is 4.74 Å². The maximum Gasteiger partial charge on any atom is 0.217 e. The van der Waals surface area contributed by atoms with Gasteiger partial charge in [-0.05, 0) is 50.3 Å². The van der Waals surface area contributed by atoms with Crippen molar-refractivity contribution in [1.82, 2.24) is 14.9 Å². The van der Waals surface area contributed by atoms with Gasteiger partial charge in [0.05, 0.1) is 0 Å². The smallest absolute Gasteiger partial charge is 0.217 e. The first-order valence-corrected chi connectivity index (χ1v) is 6.98. The van der Waals surface area contributed by atoms with Gasteiger partial charge in [0.1, 0.15) is 17.0 Å². The lowest BCUT2D eigenvalue weighted by Crippen LogP contribution is -2.43. The van der Waals surface area contributed by atoms with E-state index in [2.05, 4.69) is 51.6 Å². The Hall–Kier alpha value is -0.680. The number of hydrogen-bond donors (Lipinski definition) is 0. The maximum absolute atomic E-state index is 5.78. The van der Waals surface area contributed by atoms with E-state index in [9.17, 15) is 0 Å². The number of hydrogen-bond acceptors (Lipinski definition) is 4. The van der Waals surface area contributed by atoms with Crippen molar-refractivity contribution in [1.29, 1.82) is 0 Å². The second-order valence-electron chi connectivity index (χ2n) is 5.19. The minimum atomic E-state index is -0.0255. The molecule has 0 amide bonds. The van der Waals surface area contributed by atoms with Crippen molar-refractivity contribution in [2.45, 2.75) is 39.2 Å². The molecular weight excluding hydrogens is 294 g/mol. The van der Waals surface area contributed by atoms with Crippen LogP contribution in [0.15, 0.2) is 10.7 Å². The molecule has 0 N–H and O–H groups in total. The number of likely N-dealkylation sites (N-methyl/N-ethyl adjacent to an activating group) is 1. The van der Waals surface area contributed by atoms with Gasteiger partial charge < -0.3 is 9.64 Å². The number of rotatable bonds is 6. The SMILES string of the molecule is CCCc1nc(Br)cc(OCC(C)(C)N(C)C)n1. The van der Waals surface area contributed by atoms with Crippen LogP contribution in [0, 0.1) is 0 Å². The molecule has 0 unspecified atom stereocenters. The number of aryl methyl sites for hydroxylation is 1. The lowest BCUT2D eigenvalue weighted by Gasteiger charge is -2.31. The first-order valence-electron chi connectivity index (χ1n) is 6.19. The largest absolute Gasteiger partial charge is 0.476 e. The molecule has 0 radical (unpaired) electrons. The number of aromatic nitrogens is 2. The zero-order valence-corrected chi connectivity index (χ0v) is 13.4. The molecule has 0 spiro atoms. The van der Waals surface area contributed by atoms with Crippen molar-refractivity contribution in [3.63, 3.8) is 0 Å². The molecular formula is C13H22BrN3O. The first-order chi connectivity index (χ1) is 8.35. The lowest BCUT2D eigenvalue weighted by molar-refractivity contribution is 0.111. The molecule has 1 heterocycles. The monoisotopic (exact) mass is 315 g/mol. The molecule has 1 aromatic rings. The van der Waals surface area contributed by atoms with E-state index in [0.717, 1.165) is 23.3 Å². The molecule has 4 nitrogen and oxygen atoms in total. The highest BCUT2D eigenvalue weighted by atomic mass is 79.9. The topological polar surface area (TPSA) is 38.2 Å². The average molecular weight is 316 g/mol. The quantitative estimate of drug-likeness (QED) is 0.757. The summed E-state index contributed by atoms with van der Waals surface area (Å²) in [6.45, 7) is 6.97. The molecule has 1 rings (SSSR count). The van der Waals surface area contributed by atoms with Crippen LogP contribution in [0.5, 0.6) is 5.88 Å². The van der Waals surface area contributed by atoms with Crippen LogP contribution in [0.25, 0.3) is 0 Å². The fourth-order valence-corrected chi connectivity index (χ4v) is 1.63. The summed E-state index contributed by atoms with van der Waals surface area (Å²) in [5, 5.41) is 0. The molecule has 0 bridgehead atoms. The van der Waals surface area contributed by atoms with Gasteiger partial charge >= 0.3 is 0 Å². The Labute approximate surface area is 118 Å². The molecule has 0 saturated heterocycles. The van der Waals surface area contributed by atoms with Gasteiger partial charge in [-0.3, -0.25) is 0 Å². The number of nitrogens with zero attached hydrogens (tertiary/aromatic N) is 3. The maximum atomic E-state index is 5.78. The third-order valence-electron chi connectivity index (χ3n) is 2.98.